The highest BCUT2D eigenvalue weighted by Gasteiger charge is 2.31. The minimum Gasteiger partial charge on any atom is -0.388 e. The Morgan fingerprint density at radius 3 is 2.46 bits per heavy atom. The number of rotatable bonds is 4. The summed E-state index contributed by atoms with van der Waals surface area (Å²) in [7, 11) is 1.73. The number of halogens is 3. The van der Waals surface area contributed by atoms with Crippen LogP contribution in [0.4, 0.5) is 24.5 Å². The van der Waals surface area contributed by atoms with Crippen molar-refractivity contribution in [3.05, 3.63) is 71.3 Å². The zero-order valence-electron chi connectivity index (χ0n) is 15.6. The Hall–Kier alpha value is -3.29. The van der Waals surface area contributed by atoms with Crippen molar-refractivity contribution in [2.24, 2.45) is 0 Å². The van der Waals surface area contributed by atoms with E-state index in [0.717, 1.165) is 23.4 Å². The smallest absolute Gasteiger partial charge is 0.388 e. The largest absolute Gasteiger partial charge is 0.416 e. The number of carbonyl (C=O) groups is 1. The van der Waals surface area contributed by atoms with Crippen LogP contribution in [0.3, 0.4) is 0 Å². The van der Waals surface area contributed by atoms with Crippen molar-refractivity contribution in [1.29, 1.82) is 0 Å². The van der Waals surface area contributed by atoms with Crippen molar-refractivity contribution in [3.8, 4) is 5.69 Å². The van der Waals surface area contributed by atoms with E-state index < -0.39 is 17.6 Å². The van der Waals surface area contributed by atoms with E-state index in [1.54, 1.807) is 38.4 Å². The maximum absolute atomic E-state index is 13.3. The molecule has 2 aromatic carbocycles. The standard InChI is InChI=1S/C20H19F3N4O/c1-12-4-5-14(6-18(12)24-3)19(28)26-16-7-15(20(21,22)23)8-17(9-16)27-10-13(2)25-11-27/h4-11,24H,1-3H3,(H,26,28). The van der Waals surface area contributed by atoms with Crippen LogP contribution in [0, 0.1) is 13.8 Å². The average Bonchev–Trinajstić information content (AvgIpc) is 3.07. The lowest BCUT2D eigenvalue weighted by atomic mass is 10.1. The number of carbonyl (C=O) groups excluding carboxylic acids is 1. The number of amides is 1. The van der Waals surface area contributed by atoms with Crippen molar-refractivity contribution in [2.45, 2.75) is 20.0 Å². The molecule has 1 amide bonds. The van der Waals surface area contributed by atoms with Gasteiger partial charge >= 0.3 is 6.18 Å². The third-order valence-electron chi connectivity index (χ3n) is 4.28. The van der Waals surface area contributed by atoms with Gasteiger partial charge in [-0.15, -0.1) is 0 Å². The summed E-state index contributed by atoms with van der Waals surface area (Å²) in [5, 5.41) is 5.54. The van der Waals surface area contributed by atoms with Gasteiger partial charge in [0.15, 0.2) is 0 Å². The molecule has 0 aliphatic carbocycles. The van der Waals surface area contributed by atoms with Crippen LogP contribution in [0.2, 0.25) is 0 Å². The average molecular weight is 388 g/mol. The number of aromatic nitrogens is 2. The highest BCUT2D eigenvalue weighted by molar-refractivity contribution is 6.05. The van der Waals surface area contributed by atoms with Gasteiger partial charge < -0.3 is 15.2 Å². The number of hydrogen-bond donors (Lipinski definition) is 2. The fourth-order valence-electron chi connectivity index (χ4n) is 2.79. The Bertz CT molecular complexity index is 1020. The SMILES string of the molecule is CNc1cc(C(=O)Nc2cc(-n3cnc(C)c3)cc(C(F)(F)F)c2)ccc1C. The summed E-state index contributed by atoms with van der Waals surface area (Å²) in [4.78, 5) is 16.6. The second kappa shape index (κ2) is 7.38. The summed E-state index contributed by atoms with van der Waals surface area (Å²) < 4.78 is 41.5. The quantitative estimate of drug-likeness (QED) is 0.675. The Labute approximate surface area is 160 Å². The van der Waals surface area contributed by atoms with Gasteiger partial charge in [0.1, 0.15) is 0 Å². The van der Waals surface area contributed by atoms with Crippen LogP contribution in [0.1, 0.15) is 27.2 Å². The van der Waals surface area contributed by atoms with Crippen LogP contribution in [-0.4, -0.2) is 22.5 Å². The fourth-order valence-corrected chi connectivity index (χ4v) is 2.79. The van der Waals surface area contributed by atoms with Crippen molar-refractivity contribution >= 4 is 17.3 Å². The monoisotopic (exact) mass is 388 g/mol. The van der Waals surface area contributed by atoms with E-state index in [1.807, 2.05) is 6.92 Å². The highest BCUT2D eigenvalue weighted by Crippen LogP contribution is 2.33. The molecule has 0 aliphatic heterocycles. The van der Waals surface area contributed by atoms with Crippen LogP contribution in [0.5, 0.6) is 0 Å². The molecule has 28 heavy (non-hydrogen) atoms. The van der Waals surface area contributed by atoms with Crippen molar-refractivity contribution < 1.29 is 18.0 Å². The lowest BCUT2D eigenvalue weighted by Crippen LogP contribution is -2.14. The Morgan fingerprint density at radius 2 is 1.86 bits per heavy atom. The molecule has 146 valence electrons. The van der Waals surface area contributed by atoms with Gasteiger partial charge in [0, 0.05) is 35.9 Å². The number of nitrogens with zero attached hydrogens (tertiary/aromatic N) is 2. The molecule has 3 rings (SSSR count). The molecule has 0 bridgehead atoms. The third kappa shape index (κ3) is 4.16. The molecule has 5 nitrogen and oxygen atoms in total. The van der Waals surface area contributed by atoms with Gasteiger partial charge in [-0.3, -0.25) is 4.79 Å². The number of nitrogens with one attached hydrogen (secondary N) is 2. The van der Waals surface area contributed by atoms with E-state index in [9.17, 15) is 18.0 Å². The molecular formula is C20H19F3N4O. The van der Waals surface area contributed by atoms with Gasteiger partial charge in [0.05, 0.1) is 17.6 Å². The lowest BCUT2D eigenvalue weighted by Gasteiger charge is -2.14. The lowest BCUT2D eigenvalue weighted by molar-refractivity contribution is -0.137. The Balaban J connectivity index is 1.97. The molecule has 0 spiro atoms. The predicted octanol–water partition coefficient (Wildman–Crippen LogP) is 4.80. The number of alkyl halides is 3. The van der Waals surface area contributed by atoms with Gasteiger partial charge in [-0.05, 0) is 49.7 Å². The molecule has 8 heteroatoms. The molecule has 3 aromatic rings. The number of benzene rings is 2. The summed E-state index contributed by atoms with van der Waals surface area (Å²) in [5.74, 6) is -0.497. The first-order valence-electron chi connectivity index (χ1n) is 8.50. The minimum absolute atomic E-state index is 0.0489. The fraction of sp³-hybridized carbons (Fsp3) is 0.200. The number of imidazole rings is 1. The molecule has 0 saturated heterocycles. The number of aryl methyl sites for hydroxylation is 2. The van der Waals surface area contributed by atoms with Gasteiger partial charge in [-0.2, -0.15) is 13.2 Å². The highest BCUT2D eigenvalue weighted by atomic mass is 19.4. The molecule has 0 radical (unpaired) electrons. The maximum atomic E-state index is 13.3. The van der Waals surface area contributed by atoms with Gasteiger partial charge in [-0.1, -0.05) is 6.07 Å². The van der Waals surface area contributed by atoms with Crippen LogP contribution in [0.15, 0.2) is 48.9 Å². The van der Waals surface area contributed by atoms with E-state index in [-0.39, 0.29) is 11.4 Å². The van der Waals surface area contributed by atoms with E-state index in [4.69, 9.17) is 0 Å². The normalized spacial score (nSPS) is 11.4. The molecular weight excluding hydrogens is 369 g/mol. The minimum atomic E-state index is -4.55. The van der Waals surface area contributed by atoms with Gasteiger partial charge in [0.25, 0.3) is 5.91 Å². The molecule has 1 heterocycles. The molecule has 0 fully saturated rings. The summed E-state index contributed by atoms with van der Waals surface area (Å²) in [6.07, 6.45) is -1.51. The van der Waals surface area contributed by atoms with Gasteiger partial charge in [-0.25, -0.2) is 4.98 Å². The summed E-state index contributed by atoms with van der Waals surface area (Å²) >= 11 is 0. The maximum Gasteiger partial charge on any atom is 0.416 e. The first-order valence-corrected chi connectivity index (χ1v) is 8.50. The number of anilines is 2. The Kier molecular flexibility index (Phi) is 5.13. The van der Waals surface area contributed by atoms with Crippen molar-refractivity contribution in [2.75, 3.05) is 17.7 Å². The molecule has 1 aromatic heterocycles. The Morgan fingerprint density at radius 1 is 1.11 bits per heavy atom. The number of hydrogen-bond acceptors (Lipinski definition) is 3. The first-order chi connectivity index (χ1) is 13.2. The third-order valence-corrected chi connectivity index (χ3v) is 4.28. The molecule has 0 unspecified atom stereocenters. The van der Waals surface area contributed by atoms with Crippen LogP contribution in [-0.2, 0) is 6.18 Å². The topological polar surface area (TPSA) is 59.0 Å². The molecule has 2 N–H and O–H groups in total. The second-order valence-electron chi connectivity index (χ2n) is 6.42. The van der Waals surface area contributed by atoms with Crippen LogP contribution in [0.25, 0.3) is 5.69 Å². The molecule has 0 atom stereocenters. The zero-order valence-corrected chi connectivity index (χ0v) is 15.6. The van der Waals surface area contributed by atoms with E-state index in [2.05, 4.69) is 15.6 Å². The first kappa shape index (κ1) is 19.5. The molecule has 0 aliphatic rings. The van der Waals surface area contributed by atoms with Crippen molar-refractivity contribution in [1.82, 2.24) is 9.55 Å². The van der Waals surface area contributed by atoms with Crippen LogP contribution >= 0.6 is 0 Å². The summed E-state index contributed by atoms with van der Waals surface area (Å²) in [5.41, 5.74) is 2.18. The summed E-state index contributed by atoms with van der Waals surface area (Å²) in [6.45, 7) is 3.63. The van der Waals surface area contributed by atoms with E-state index >= 15 is 0 Å². The summed E-state index contributed by atoms with van der Waals surface area (Å²) in [6, 6.07) is 8.45. The second-order valence-corrected chi connectivity index (χ2v) is 6.42. The predicted molar refractivity (Wildman–Crippen MR) is 102 cm³/mol. The van der Waals surface area contributed by atoms with Crippen LogP contribution < -0.4 is 10.6 Å². The van der Waals surface area contributed by atoms with Crippen molar-refractivity contribution in [3.63, 3.8) is 0 Å². The molecule has 0 saturated carbocycles. The van der Waals surface area contributed by atoms with E-state index in [0.29, 0.717) is 11.3 Å². The van der Waals surface area contributed by atoms with E-state index in [1.165, 1.54) is 17.0 Å². The van der Waals surface area contributed by atoms with Gasteiger partial charge in [0.2, 0.25) is 0 Å². The zero-order chi connectivity index (χ0) is 20.5.